The van der Waals surface area contributed by atoms with Gasteiger partial charge < -0.3 is 9.84 Å². The number of aromatic nitrogens is 2. The molecule has 2 aliphatic heterocycles. The first-order chi connectivity index (χ1) is 9.08. The van der Waals surface area contributed by atoms with Crippen molar-refractivity contribution in [1.29, 1.82) is 0 Å². The lowest BCUT2D eigenvalue weighted by atomic mass is 9.95. The molecule has 104 valence electrons. The maximum absolute atomic E-state index is 11.9. The summed E-state index contributed by atoms with van der Waals surface area (Å²) in [6.07, 6.45) is 0.853. The van der Waals surface area contributed by atoms with Gasteiger partial charge in [0.2, 0.25) is 0 Å². The van der Waals surface area contributed by atoms with E-state index in [2.05, 4.69) is 27.6 Å². The van der Waals surface area contributed by atoms with Crippen LogP contribution in [-0.2, 0) is 4.74 Å². The molecule has 3 heterocycles. The molecule has 0 aliphatic carbocycles. The number of halogens is 1. The van der Waals surface area contributed by atoms with E-state index < -0.39 is 28.3 Å². The topological polar surface area (TPSA) is 84.3 Å². The van der Waals surface area contributed by atoms with Crippen LogP contribution in [0.5, 0.6) is 0 Å². The van der Waals surface area contributed by atoms with Gasteiger partial charge in [-0.25, -0.2) is 4.79 Å². The Morgan fingerprint density at radius 1 is 1.63 bits per heavy atom. The first-order valence-electron chi connectivity index (χ1n) is 5.93. The number of alkyl halides is 1. The Morgan fingerprint density at radius 2 is 2.37 bits per heavy atom. The zero-order chi connectivity index (χ0) is 13.6. The SMILES string of the molecule is O=c1ccn([C@@H]2O[C@H](CI)[C@@H](O)[C@]23CCS3)c(=O)[nH]1. The second-order valence-electron chi connectivity index (χ2n) is 4.70. The van der Waals surface area contributed by atoms with Crippen molar-refractivity contribution in [3.63, 3.8) is 0 Å². The predicted octanol–water partition coefficient (Wildman–Crippen LogP) is 0.106. The van der Waals surface area contributed by atoms with Crippen LogP contribution in [0.3, 0.4) is 0 Å². The van der Waals surface area contributed by atoms with E-state index >= 15 is 0 Å². The molecule has 2 fully saturated rings. The van der Waals surface area contributed by atoms with Gasteiger partial charge in [0, 0.05) is 16.7 Å². The minimum absolute atomic E-state index is 0.280. The maximum atomic E-state index is 11.9. The van der Waals surface area contributed by atoms with Crippen LogP contribution in [-0.4, -0.2) is 41.8 Å². The zero-order valence-corrected chi connectivity index (χ0v) is 12.9. The molecule has 0 aromatic carbocycles. The van der Waals surface area contributed by atoms with E-state index in [-0.39, 0.29) is 6.10 Å². The number of rotatable bonds is 2. The number of H-pyrrole nitrogens is 1. The van der Waals surface area contributed by atoms with Crippen molar-refractivity contribution in [3.05, 3.63) is 33.1 Å². The first kappa shape index (κ1) is 13.7. The van der Waals surface area contributed by atoms with Crippen LogP contribution in [0.25, 0.3) is 0 Å². The number of aliphatic hydroxyl groups excluding tert-OH is 1. The van der Waals surface area contributed by atoms with Crippen LogP contribution < -0.4 is 11.2 Å². The molecule has 1 aromatic heterocycles. The average molecular weight is 396 g/mol. The number of nitrogens with zero attached hydrogens (tertiary/aromatic N) is 1. The number of aliphatic hydroxyl groups is 1. The first-order valence-corrected chi connectivity index (χ1v) is 8.44. The molecule has 2 N–H and O–H groups in total. The molecule has 1 spiro atoms. The van der Waals surface area contributed by atoms with Crippen LogP contribution in [0.4, 0.5) is 0 Å². The van der Waals surface area contributed by atoms with Crippen molar-refractivity contribution in [2.45, 2.75) is 29.6 Å². The summed E-state index contributed by atoms with van der Waals surface area (Å²) in [5.41, 5.74) is -0.925. The van der Waals surface area contributed by atoms with E-state index in [1.54, 1.807) is 11.8 Å². The van der Waals surface area contributed by atoms with Gasteiger partial charge in [0.15, 0.2) is 6.23 Å². The molecule has 1 aromatic rings. The van der Waals surface area contributed by atoms with Gasteiger partial charge in [0.1, 0.15) is 6.10 Å². The summed E-state index contributed by atoms with van der Waals surface area (Å²) in [5, 5.41) is 10.4. The third kappa shape index (κ3) is 1.99. The molecule has 0 unspecified atom stereocenters. The van der Waals surface area contributed by atoms with Crippen LogP contribution in [0.15, 0.2) is 21.9 Å². The van der Waals surface area contributed by atoms with E-state index in [1.807, 2.05) is 0 Å². The van der Waals surface area contributed by atoms with Gasteiger partial charge in [-0.15, -0.1) is 11.8 Å². The highest BCUT2D eigenvalue weighted by Gasteiger charge is 2.60. The summed E-state index contributed by atoms with van der Waals surface area (Å²) in [4.78, 5) is 25.2. The number of thioether (sulfide) groups is 1. The van der Waals surface area contributed by atoms with Gasteiger partial charge in [0.05, 0.1) is 10.9 Å². The van der Waals surface area contributed by atoms with E-state index in [0.717, 1.165) is 12.2 Å². The maximum Gasteiger partial charge on any atom is 0.330 e. The molecule has 4 atom stereocenters. The summed E-state index contributed by atoms with van der Waals surface area (Å²) in [6.45, 7) is 0. The third-order valence-electron chi connectivity index (χ3n) is 3.69. The lowest BCUT2D eigenvalue weighted by Crippen LogP contribution is -2.51. The Balaban J connectivity index is 2.04. The molecule has 3 rings (SSSR count). The smallest absolute Gasteiger partial charge is 0.330 e. The van der Waals surface area contributed by atoms with E-state index in [0.29, 0.717) is 4.43 Å². The van der Waals surface area contributed by atoms with Gasteiger partial charge in [-0.2, -0.15) is 0 Å². The molecule has 0 saturated carbocycles. The van der Waals surface area contributed by atoms with Crippen molar-refractivity contribution >= 4 is 34.4 Å². The molecule has 8 heteroatoms. The minimum atomic E-state index is -0.591. The number of nitrogens with one attached hydrogen (secondary N) is 1. The Kier molecular flexibility index (Phi) is 3.52. The van der Waals surface area contributed by atoms with Crippen molar-refractivity contribution < 1.29 is 9.84 Å². The number of aromatic amines is 1. The molecule has 6 nitrogen and oxygen atoms in total. The van der Waals surface area contributed by atoms with Crippen LogP contribution in [0.1, 0.15) is 12.6 Å². The highest BCUT2D eigenvalue weighted by atomic mass is 127. The van der Waals surface area contributed by atoms with Crippen LogP contribution in [0.2, 0.25) is 0 Å². The molecule has 2 aliphatic rings. The Morgan fingerprint density at radius 3 is 2.89 bits per heavy atom. The van der Waals surface area contributed by atoms with Crippen molar-refractivity contribution in [2.24, 2.45) is 0 Å². The van der Waals surface area contributed by atoms with E-state index in [1.165, 1.54) is 16.8 Å². The summed E-state index contributed by atoms with van der Waals surface area (Å²) in [6, 6.07) is 1.30. The normalized spacial score (nSPS) is 37.5. The lowest BCUT2D eigenvalue weighted by molar-refractivity contribution is -0.00996. The Bertz CT molecular complexity index is 597. The molecule has 0 amide bonds. The summed E-state index contributed by atoms with van der Waals surface area (Å²) < 4.78 is 7.43. The highest BCUT2D eigenvalue weighted by Crippen LogP contribution is 2.56. The quantitative estimate of drug-likeness (QED) is 0.548. The molecular weight excluding hydrogens is 383 g/mol. The van der Waals surface area contributed by atoms with Gasteiger partial charge >= 0.3 is 5.69 Å². The highest BCUT2D eigenvalue weighted by molar-refractivity contribution is 14.1. The predicted molar refractivity (Wildman–Crippen MR) is 79.9 cm³/mol. The van der Waals surface area contributed by atoms with Crippen molar-refractivity contribution in [3.8, 4) is 0 Å². The molecule has 0 bridgehead atoms. The Labute approximate surface area is 126 Å². The summed E-state index contributed by atoms with van der Waals surface area (Å²) in [5.74, 6) is 0.947. The van der Waals surface area contributed by atoms with E-state index in [9.17, 15) is 14.7 Å². The fourth-order valence-electron chi connectivity index (χ4n) is 2.62. The van der Waals surface area contributed by atoms with Crippen LogP contribution in [0, 0.1) is 0 Å². The fraction of sp³-hybridized carbons (Fsp3) is 0.636. The Hall–Kier alpha value is -0.320. The second-order valence-corrected chi connectivity index (χ2v) is 7.03. The van der Waals surface area contributed by atoms with Crippen molar-refractivity contribution in [2.75, 3.05) is 10.2 Å². The monoisotopic (exact) mass is 396 g/mol. The minimum Gasteiger partial charge on any atom is -0.389 e. The molecular formula is C11H13IN2O4S. The zero-order valence-electron chi connectivity index (χ0n) is 9.91. The van der Waals surface area contributed by atoms with E-state index in [4.69, 9.17) is 4.74 Å². The van der Waals surface area contributed by atoms with Crippen molar-refractivity contribution in [1.82, 2.24) is 9.55 Å². The molecule has 19 heavy (non-hydrogen) atoms. The fourth-order valence-corrected chi connectivity index (χ4v) is 4.61. The number of ether oxygens (including phenoxy) is 1. The number of hydrogen-bond acceptors (Lipinski definition) is 5. The third-order valence-corrected chi connectivity index (χ3v) is 6.16. The molecule has 2 saturated heterocycles. The van der Waals surface area contributed by atoms with Gasteiger partial charge in [-0.1, -0.05) is 22.6 Å². The lowest BCUT2D eigenvalue weighted by Gasteiger charge is -2.43. The van der Waals surface area contributed by atoms with Crippen LogP contribution >= 0.6 is 34.4 Å². The number of hydrogen-bond donors (Lipinski definition) is 2. The molecule has 0 radical (unpaired) electrons. The van der Waals surface area contributed by atoms with Gasteiger partial charge in [-0.05, 0) is 12.2 Å². The summed E-state index contributed by atoms with van der Waals surface area (Å²) >= 11 is 3.79. The van der Waals surface area contributed by atoms with Gasteiger partial charge in [-0.3, -0.25) is 14.3 Å². The largest absolute Gasteiger partial charge is 0.389 e. The van der Waals surface area contributed by atoms with Gasteiger partial charge in [0.25, 0.3) is 5.56 Å². The standard InChI is InChI=1S/C11H13IN2O4S/c12-5-6-8(16)11(2-4-19-11)9(18-6)14-3-1-7(15)13-10(14)17/h1,3,6,8-9,16H,2,4-5H2,(H,13,15,17)/t6-,8-,9-,11-/m1/s1. The second kappa shape index (κ2) is 4.90. The summed E-state index contributed by atoms with van der Waals surface area (Å²) in [7, 11) is 0. The average Bonchev–Trinajstić information content (AvgIpc) is 2.62.